The summed E-state index contributed by atoms with van der Waals surface area (Å²) in [5, 5.41) is 12.6. The van der Waals surface area contributed by atoms with E-state index in [0.29, 0.717) is 29.4 Å². The molecule has 0 aliphatic rings. The van der Waals surface area contributed by atoms with E-state index in [1.54, 1.807) is 18.2 Å². The molecule has 1 aromatic heterocycles. The second-order valence-corrected chi connectivity index (χ2v) is 4.99. The number of amides is 1. The van der Waals surface area contributed by atoms with Gasteiger partial charge in [0, 0.05) is 5.39 Å². The lowest BCUT2D eigenvalue weighted by atomic mass is 9.95. The maximum Gasteiger partial charge on any atom is 0.329 e. The van der Waals surface area contributed by atoms with Gasteiger partial charge in [0.25, 0.3) is 5.91 Å². The van der Waals surface area contributed by atoms with Gasteiger partial charge < -0.3 is 14.8 Å². The summed E-state index contributed by atoms with van der Waals surface area (Å²) >= 11 is 0. The third-order valence-electron chi connectivity index (χ3n) is 3.34. The van der Waals surface area contributed by atoms with E-state index < -0.39 is 17.4 Å². The van der Waals surface area contributed by atoms with Crippen LogP contribution < -0.4 is 5.32 Å². The second kappa shape index (κ2) is 5.36. The second-order valence-electron chi connectivity index (χ2n) is 4.99. The van der Waals surface area contributed by atoms with E-state index in [-0.39, 0.29) is 0 Å². The van der Waals surface area contributed by atoms with Gasteiger partial charge in [0.05, 0.1) is 5.56 Å². The lowest BCUT2D eigenvalue weighted by Crippen LogP contribution is -2.52. The van der Waals surface area contributed by atoms with Crippen LogP contribution in [0.3, 0.4) is 0 Å². The summed E-state index contributed by atoms with van der Waals surface area (Å²) in [6.07, 6.45) is 2.38. The summed E-state index contributed by atoms with van der Waals surface area (Å²) in [6, 6.07) is 7.14. The molecule has 0 fully saturated rings. The van der Waals surface area contributed by atoms with Crippen LogP contribution >= 0.6 is 0 Å². The number of hydrogen-bond acceptors (Lipinski definition) is 3. The summed E-state index contributed by atoms with van der Waals surface area (Å²) in [7, 11) is 0. The van der Waals surface area contributed by atoms with Gasteiger partial charge in [-0.3, -0.25) is 4.79 Å². The van der Waals surface area contributed by atoms with Crippen LogP contribution in [0.25, 0.3) is 11.0 Å². The Morgan fingerprint density at radius 1 is 1.35 bits per heavy atom. The summed E-state index contributed by atoms with van der Waals surface area (Å²) < 4.78 is 5.30. The van der Waals surface area contributed by atoms with Crippen molar-refractivity contribution < 1.29 is 19.1 Å². The zero-order chi connectivity index (χ0) is 14.8. The van der Waals surface area contributed by atoms with E-state index in [2.05, 4.69) is 5.32 Å². The molecule has 1 unspecified atom stereocenters. The molecule has 5 nitrogen and oxygen atoms in total. The molecule has 0 radical (unpaired) electrons. The molecule has 2 rings (SSSR count). The van der Waals surface area contributed by atoms with E-state index >= 15 is 0 Å². The van der Waals surface area contributed by atoms with Crippen molar-refractivity contribution in [2.24, 2.45) is 0 Å². The highest BCUT2D eigenvalue weighted by atomic mass is 16.4. The quantitative estimate of drug-likeness (QED) is 0.879. The molecule has 0 aliphatic heterocycles. The largest absolute Gasteiger partial charge is 0.480 e. The third-order valence-corrected chi connectivity index (χ3v) is 3.34. The number of benzene rings is 1. The first-order valence-corrected chi connectivity index (χ1v) is 6.50. The molecule has 0 bridgehead atoms. The Kier molecular flexibility index (Phi) is 3.79. The number of fused-ring (bicyclic) bond motifs is 1. The highest BCUT2D eigenvalue weighted by Crippen LogP contribution is 2.22. The topological polar surface area (TPSA) is 79.5 Å². The van der Waals surface area contributed by atoms with E-state index in [9.17, 15) is 14.7 Å². The van der Waals surface area contributed by atoms with Gasteiger partial charge in [-0.25, -0.2) is 4.79 Å². The summed E-state index contributed by atoms with van der Waals surface area (Å²) in [4.78, 5) is 23.6. The highest BCUT2D eigenvalue weighted by Gasteiger charge is 2.34. The maximum atomic E-state index is 12.3. The van der Waals surface area contributed by atoms with Gasteiger partial charge in [0.15, 0.2) is 0 Å². The molecule has 0 saturated heterocycles. The van der Waals surface area contributed by atoms with Gasteiger partial charge in [-0.2, -0.15) is 0 Å². The molecule has 1 aromatic carbocycles. The van der Waals surface area contributed by atoms with Crippen molar-refractivity contribution in [2.75, 3.05) is 0 Å². The average molecular weight is 275 g/mol. The number of carboxylic acid groups (broad SMARTS) is 1. The number of rotatable bonds is 5. The molecule has 0 aliphatic carbocycles. The van der Waals surface area contributed by atoms with Crippen LogP contribution in [-0.4, -0.2) is 22.5 Å². The Morgan fingerprint density at radius 3 is 2.70 bits per heavy atom. The molecule has 20 heavy (non-hydrogen) atoms. The van der Waals surface area contributed by atoms with Gasteiger partial charge in [0.1, 0.15) is 17.4 Å². The normalized spacial score (nSPS) is 13.9. The fourth-order valence-corrected chi connectivity index (χ4v) is 2.19. The number of hydrogen-bond donors (Lipinski definition) is 2. The average Bonchev–Trinajstić information content (AvgIpc) is 2.82. The first-order chi connectivity index (χ1) is 9.48. The van der Waals surface area contributed by atoms with Crippen LogP contribution in [0.4, 0.5) is 0 Å². The number of carboxylic acids is 1. The van der Waals surface area contributed by atoms with Crippen LogP contribution in [0.2, 0.25) is 0 Å². The molecule has 2 N–H and O–H groups in total. The molecule has 1 heterocycles. The predicted octanol–water partition coefficient (Wildman–Crippen LogP) is 2.81. The van der Waals surface area contributed by atoms with Crippen molar-refractivity contribution in [3.05, 3.63) is 36.1 Å². The summed E-state index contributed by atoms with van der Waals surface area (Å²) in [5.74, 6) is -1.48. The molecule has 0 saturated carbocycles. The van der Waals surface area contributed by atoms with Crippen LogP contribution in [-0.2, 0) is 4.79 Å². The predicted molar refractivity (Wildman–Crippen MR) is 74.6 cm³/mol. The molecule has 2 aromatic rings. The Morgan fingerprint density at radius 2 is 2.05 bits per heavy atom. The fraction of sp³-hybridized carbons (Fsp3) is 0.333. The third kappa shape index (κ3) is 2.52. The summed E-state index contributed by atoms with van der Waals surface area (Å²) in [5.41, 5.74) is -0.321. The zero-order valence-corrected chi connectivity index (χ0v) is 11.5. The van der Waals surface area contributed by atoms with Crippen LogP contribution in [0, 0.1) is 0 Å². The first kappa shape index (κ1) is 14.1. The van der Waals surface area contributed by atoms with Gasteiger partial charge >= 0.3 is 5.97 Å². The minimum atomic E-state index is -1.27. The lowest BCUT2D eigenvalue weighted by Gasteiger charge is -2.25. The van der Waals surface area contributed by atoms with E-state index in [1.807, 2.05) is 13.0 Å². The molecule has 5 heteroatoms. The van der Waals surface area contributed by atoms with Crippen molar-refractivity contribution in [2.45, 2.75) is 32.2 Å². The van der Waals surface area contributed by atoms with Gasteiger partial charge in [0.2, 0.25) is 0 Å². The van der Waals surface area contributed by atoms with Crippen molar-refractivity contribution in [1.82, 2.24) is 5.32 Å². The van der Waals surface area contributed by atoms with Gasteiger partial charge in [-0.15, -0.1) is 0 Å². The molecule has 106 valence electrons. The SMILES string of the molecule is CCCC(C)(NC(=O)c1coc2ccccc12)C(=O)O. The zero-order valence-electron chi connectivity index (χ0n) is 11.5. The highest BCUT2D eigenvalue weighted by molar-refractivity contribution is 6.07. The van der Waals surface area contributed by atoms with Crippen LogP contribution in [0.1, 0.15) is 37.0 Å². The number of para-hydroxylation sites is 1. The van der Waals surface area contributed by atoms with Crippen molar-refractivity contribution in [3.8, 4) is 0 Å². The molecular formula is C15H17NO4. The number of carbonyl (C=O) groups is 2. The lowest BCUT2D eigenvalue weighted by molar-refractivity contribution is -0.144. The summed E-state index contributed by atoms with van der Waals surface area (Å²) in [6.45, 7) is 3.39. The number of aliphatic carboxylic acids is 1. The smallest absolute Gasteiger partial charge is 0.329 e. The number of carbonyl (C=O) groups excluding carboxylic acids is 1. The fourth-order valence-electron chi connectivity index (χ4n) is 2.19. The van der Waals surface area contributed by atoms with Crippen molar-refractivity contribution in [1.29, 1.82) is 0 Å². The van der Waals surface area contributed by atoms with Gasteiger partial charge in [-0.05, 0) is 19.4 Å². The van der Waals surface area contributed by atoms with E-state index in [1.165, 1.54) is 13.2 Å². The van der Waals surface area contributed by atoms with Crippen LogP contribution in [0.5, 0.6) is 0 Å². The van der Waals surface area contributed by atoms with E-state index in [0.717, 1.165) is 0 Å². The molecular weight excluding hydrogens is 258 g/mol. The Bertz CT molecular complexity index is 646. The Balaban J connectivity index is 2.29. The van der Waals surface area contributed by atoms with Gasteiger partial charge in [-0.1, -0.05) is 31.5 Å². The van der Waals surface area contributed by atoms with Crippen molar-refractivity contribution >= 4 is 22.8 Å². The number of furan rings is 1. The standard InChI is InChI=1S/C15H17NO4/c1-3-8-15(2,14(18)19)16-13(17)11-9-20-12-7-5-4-6-10(11)12/h4-7,9H,3,8H2,1-2H3,(H,16,17)(H,18,19). The molecule has 1 atom stereocenters. The monoisotopic (exact) mass is 275 g/mol. The van der Waals surface area contributed by atoms with Crippen LogP contribution in [0.15, 0.2) is 34.9 Å². The molecule has 1 amide bonds. The minimum Gasteiger partial charge on any atom is -0.480 e. The molecule has 0 spiro atoms. The Hall–Kier alpha value is -2.30. The minimum absolute atomic E-state index is 0.351. The maximum absolute atomic E-state index is 12.3. The van der Waals surface area contributed by atoms with E-state index in [4.69, 9.17) is 4.42 Å². The number of nitrogens with one attached hydrogen (secondary N) is 1. The Labute approximate surface area is 116 Å². The first-order valence-electron chi connectivity index (χ1n) is 6.50. The van der Waals surface area contributed by atoms with Crippen molar-refractivity contribution in [3.63, 3.8) is 0 Å².